The molecule has 4 aliphatic heterocycles. The molecule has 23 heteroatoms. The molecule has 4 amide bonds. The van der Waals surface area contributed by atoms with E-state index >= 15 is 0 Å². The number of carbonyl (C=O) groups is 4. The topological polar surface area (TPSA) is 236 Å². The van der Waals surface area contributed by atoms with Gasteiger partial charge in [0, 0.05) is 135 Å². The maximum atomic E-state index is 14.2. The van der Waals surface area contributed by atoms with Gasteiger partial charge in [0.1, 0.15) is 28.9 Å². The van der Waals surface area contributed by atoms with Gasteiger partial charge in [0.05, 0.1) is 21.6 Å². The number of aromatic amines is 1. The number of hydrogen-bond donors (Lipinski definition) is 4. The fourth-order valence-corrected chi connectivity index (χ4v) is 15.5. The molecule has 4 fully saturated rings. The summed E-state index contributed by atoms with van der Waals surface area (Å²) in [6, 6.07) is 24.5. The highest BCUT2D eigenvalue weighted by Gasteiger charge is 2.41. The zero-order chi connectivity index (χ0) is 61.6. The maximum Gasteiger partial charge on any atom is 0.293 e. The number of rotatable bonds is 17. The average Bonchev–Trinajstić information content (AvgIpc) is 2.41. The van der Waals surface area contributed by atoms with Gasteiger partial charge in [0.25, 0.3) is 27.5 Å². The molecule has 4 aromatic carbocycles. The summed E-state index contributed by atoms with van der Waals surface area (Å²) in [7, 11) is -4.63. The number of H-pyrrole nitrogens is 1. The lowest BCUT2D eigenvalue weighted by molar-refractivity contribution is -0.384. The number of amides is 4. The molecule has 1 unspecified atom stereocenters. The van der Waals surface area contributed by atoms with Crippen LogP contribution in [-0.2, 0) is 32.7 Å². The molecule has 2 atom stereocenters. The molecular weight excluding hydrogens is 1230 g/mol. The van der Waals surface area contributed by atoms with E-state index in [1.54, 1.807) is 35.4 Å². The third-order valence-corrected chi connectivity index (χ3v) is 21.1. The number of sulfonamides is 1. The summed E-state index contributed by atoms with van der Waals surface area (Å²) >= 11 is 9.98. The van der Waals surface area contributed by atoms with E-state index in [9.17, 15) is 37.7 Å². The molecule has 6 aliphatic rings. The molecule has 0 bridgehead atoms. The number of imide groups is 1. The standard InChI is InChI=1S/C65H73BrClN11O9S/c1-40-36-76(27-26-75(40)37-42-28-52-54(55(66)29-42)39-77(64(52)82)57-16-17-60(79)71-63(57)81)47-10-4-41(5-11-47)34-69-56-15-13-50(32-58(56)78(83)84)88(85,86)72-62(80)51-14-12-48(31-59(51)87-49-30-44-19-21-68-61(44)70-35-49)74-24-22-73(23-25-74)38-45-18-20-65(2,3)33-53(45)43-6-8-46(67)9-7-43/h6-9,12-15,19,21,28-32,35,40-41,47,57,69H,4-5,10-11,16-18,20,22-27,33-34,36-39H2,1-3H3,(H,68,70)(H,72,80)(H,71,79,81)/t40-,41-,47-,57?/m0/s1. The van der Waals surface area contributed by atoms with Crippen LogP contribution < -0.4 is 25.0 Å². The van der Waals surface area contributed by atoms with Crippen molar-refractivity contribution in [1.82, 2.24) is 39.6 Å². The molecule has 12 rings (SSSR count). The van der Waals surface area contributed by atoms with E-state index in [1.165, 1.54) is 35.0 Å². The second-order valence-corrected chi connectivity index (χ2v) is 28.3. The Bertz CT molecular complexity index is 3860. The monoisotopic (exact) mass is 1300 g/mol. The number of nitro groups is 1. The van der Waals surface area contributed by atoms with Crippen molar-refractivity contribution in [1.29, 1.82) is 0 Å². The largest absolute Gasteiger partial charge is 0.455 e. The number of pyridine rings is 1. The number of anilines is 2. The first-order chi connectivity index (χ1) is 42.2. The third-order valence-electron chi connectivity index (χ3n) is 18.8. The summed E-state index contributed by atoms with van der Waals surface area (Å²) in [6.45, 7) is 14.9. The number of aromatic nitrogens is 2. The number of nitrogens with one attached hydrogen (secondary N) is 4. The van der Waals surface area contributed by atoms with Crippen LogP contribution in [0.2, 0.25) is 5.02 Å². The Morgan fingerprint density at radius 1 is 0.909 bits per heavy atom. The van der Waals surface area contributed by atoms with Crippen LogP contribution in [0.5, 0.6) is 11.5 Å². The van der Waals surface area contributed by atoms with E-state index in [2.05, 4.69) is 99.8 Å². The predicted molar refractivity (Wildman–Crippen MR) is 341 cm³/mol. The summed E-state index contributed by atoms with van der Waals surface area (Å²) in [6.07, 6.45) is 10.7. The Balaban J connectivity index is 0.654. The van der Waals surface area contributed by atoms with Crippen LogP contribution in [0.15, 0.2) is 112 Å². The first kappa shape index (κ1) is 61.0. The fraction of sp³-hybridized carbons (Fsp3) is 0.431. The van der Waals surface area contributed by atoms with Crippen molar-refractivity contribution in [3.63, 3.8) is 0 Å². The number of nitrogens with zero attached hydrogens (tertiary/aromatic N) is 7. The number of carbonyl (C=O) groups excluding carboxylic acids is 4. The number of piperazine rings is 2. The minimum absolute atomic E-state index is 0.0518. The molecule has 1 saturated carbocycles. The molecule has 2 aromatic heterocycles. The van der Waals surface area contributed by atoms with E-state index in [-0.39, 0.29) is 52.6 Å². The maximum absolute atomic E-state index is 14.2. The highest BCUT2D eigenvalue weighted by atomic mass is 79.9. The second-order valence-electron chi connectivity index (χ2n) is 25.3. The predicted octanol–water partition coefficient (Wildman–Crippen LogP) is 10.5. The highest BCUT2D eigenvalue weighted by Crippen LogP contribution is 2.44. The molecule has 4 N–H and O–H groups in total. The molecule has 2 aliphatic carbocycles. The molecular formula is C65H73BrClN11O9S. The quantitative estimate of drug-likeness (QED) is 0.0378. The number of hydrogen-bond acceptors (Lipinski definition) is 15. The molecule has 88 heavy (non-hydrogen) atoms. The average molecular weight is 1300 g/mol. The zero-order valence-electron chi connectivity index (χ0n) is 49.7. The Hall–Kier alpha value is -7.21. The van der Waals surface area contributed by atoms with Gasteiger partial charge in [-0.2, -0.15) is 0 Å². The summed E-state index contributed by atoms with van der Waals surface area (Å²) in [5.41, 5.74) is 7.89. The lowest BCUT2D eigenvalue weighted by Gasteiger charge is -2.45. The summed E-state index contributed by atoms with van der Waals surface area (Å²) in [4.78, 5) is 82.6. The van der Waals surface area contributed by atoms with Gasteiger partial charge in [0.2, 0.25) is 11.8 Å². The molecule has 3 saturated heterocycles. The molecule has 6 aromatic rings. The zero-order valence-corrected chi connectivity index (χ0v) is 52.8. The number of piperidine rings is 1. The molecule has 6 heterocycles. The summed E-state index contributed by atoms with van der Waals surface area (Å²) in [5.74, 6) is -1.21. The van der Waals surface area contributed by atoms with Crippen molar-refractivity contribution in [2.75, 3.05) is 69.1 Å². The molecule has 462 valence electrons. The van der Waals surface area contributed by atoms with Crippen LogP contribution in [0.3, 0.4) is 0 Å². The Kier molecular flexibility index (Phi) is 17.6. The smallest absolute Gasteiger partial charge is 0.293 e. The minimum Gasteiger partial charge on any atom is -0.455 e. The van der Waals surface area contributed by atoms with Crippen molar-refractivity contribution in [2.45, 2.75) is 115 Å². The SMILES string of the molecule is C[C@H]1CN([C@H]2CC[C@H](CNc3ccc(S(=O)(=O)NC(=O)c4ccc(N5CCN(CC6=C(c7ccc(Cl)cc7)CC(C)(C)CC6)CC5)cc4Oc4cnc5[nH]ccc5c4)cc3[N+](=O)[O-])CC2)CCN1Cc1cc(Br)c2c(c1)C(=O)N(C1CCC(=O)NC1=O)C2. The van der Waals surface area contributed by atoms with Gasteiger partial charge in [-0.05, 0) is 153 Å². The lowest BCUT2D eigenvalue weighted by Crippen LogP contribution is -2.55. The number of nitro benzene ring substituents is 1. The van der Waals surface area contributed by atoms with Crippen molar-refractivity contribution < 1.29 is 37.3 Å². The summed E-state index contributed by atoms with van der Waals surface area (Å²) < 4.78 is 37.5. The number of halogens is 2. The number of allylic oxidation sites excluding steroid dienone is 1. The Labute approximate surface area is 525 Å². The van der Waals surface area contributed by atoms with Crippen LogP contribution in [0.4, 0.5) is 17.1 Å². The van der Waals surface area contributed by atoms with Crippen molar-refractivity contribution in [3.8, 4) is 11.5 Å². The van der Waals surface area contributed by atoms with Gasteiger partial charge in [0.15, 0.2) is 0 Å². The van der Waals surface area contributed by atoms with Gasteiger partial charge < -0.3 is 24.8 Å². The lowest BCUT2D eigenvalue weighted by atomic mass is 9.72. The van der Waals surface area contributed by atoms with E-state index in [0.717, 1.165) is 122 Å². The van der Waals surface area contributed by atoms with Gasteiger partial charge in [-0.3, -0.25) is 49.3 Å². The Morgan fingerprint density at radius 3 is 2.44 bits per heavy atom. The van der Waals surface area contributed by atoms with Gasteiger partial charge in [-0.1, -0.05) is 59.1 Å². The van der Waals surface area contributed by atoms with Crippen molar-refractivity contribution in [2.24, 2.45) is 11.3 Å². The van der Waals surface area contributed by atoms with Crippen LogP contribution in [0.1, 0.15) is 116 Å². The van der Waals surface area contributed by atoms with Gasteiger partial charge in [-0.15, -0.1) is 0 Å². The molecule has 0 radical (unpaired) electrons. The first-order valence-corrected chi connectivity index (χ1v) is 33.1. The van der Waals surface area contributed by atoms with Gasteiger partial charge >= 0.3 is 0 Å². The minimum atomic E-state index is -4.63. The molecule has 0 spiro atoms. The number of fused-ring (bicyclic) bond motifs is 2. The van der Waals surface area contributed by atoms with Crippen LogP contribution >= 0.6 is 27.5 Å². The van der Waals surface area contributed by atoms with Crippen LogP contribution in [-0.4, -0.2) is 144 Å². The van der Waals surface area contributed by atoms with Crippen molar-refractivity contribution >= 4 is 94.9 Å². The summed E-state index contributed by atoms with van der Waals surface area (Å²) in [5, 5.41) is 19.7. The molecule has 20 nitrogen and oxygen atoms in total. The second kappa shape index (κ2) is 25.3. The fourth-order valence-electron chi connectivity index (χ4n) is 13.8. The number of benzene rings is 4. The highest BCUT2D eigenvalue weighted by molar-refractivity contribution is 9.10. The van der Waals surface area contributed by atoms with E-state index < -0.39 is 43.4 Å². The normalized spacial score (nSPS) is 22.2. The van der Waals surface area contributed by atoms with E-state index in [4.69, 9.17) is 16.3 Å². The van der Waals surface area contributed by atoms with Crippen molar-refractivity contribution in [3.05, 3.63) is 150 Å². The van der Waals surface area contributed by atoms with Gasteiger partial charge in [-0.25, -0.2) is 18.1 Å². The van der Waals surface area contributed by atoms with Crippen LogP contribution in [0.25, 0.3) is 16.6 Å². The number of ether oxygens (including phenoxy) is 1. The van der Waals surface area contributed by atoms with E-state index in [1.807, 2.05) is 24.3 Å². The third kappa shape index (κ3) is 13.4. The Morgan fingerprint density at radius 2 is 1.69 bits per heavy atom. The van der Waals surface area contributed by atoms with E-state index in [0.29, 0.717) is 62.1 Å². The first-order valence-electron chi connectivity index (χ1n) is 30.4. The van der Waals surface area contributed by atoms with Crippen LogP contribution in [0, 0.1) is 21.4 Å².